The molecule has 0 saturated carbocycles. The Labute approximate surface area is 109 Å². The Kier molecular flexibility index (Phi) is 4.58. The van der Waals surface area contributed by atoms with Gasteiger partial charge in [0.25, 0.3) is 10.0 Å². The van der Waals surface area contributed by atoms with Gasteiger partial charge in [0.15, 0.2) is 0 Å². The zero-order chi connectivity index (χ0) is 14.0. The molecule has 0 aromatic carbocycles. The fourth-order valence-corrected chi connectivity index (χ4v) is 1.81. The van der Waals surface area contributed by atoms with Crippen LogP contribution in [0, 0.1) is 11.3 Å². The Balaban J connectivity index is 2.48. The van der Waals surface area contributed by atoms with E-state index < -0.39 is 10.0 Å². The molecule has 0 bridgehead atoms. The third kappa shape index (κ3) is 4.44. The predicted octanol–water partition coefficient (Wildman–Crippen LogP) is 1.70. The van der Waals surface area contributed by atoms with Crippen LogP contribution in [0.25, 0.3) is 0 Å². The van der Waals surface area contributed by atoms with Crippen LogP contribution in [0.4, 0.5) is 0 Å². The lowest BCUT2D eigenvalue weighted by Gasteiger charge is -2.27. The molecule has 0 spiro atoms. The van der Waals surface area contributed by atoms with Crippen molar-refractivity contribution >= 4 is 10.0 Å². The smallest absolute Gasteiger partial charge is 0.271 e. The first-order valence-electron chi connectivity index (χ1n) is 5.93. The summed E-state index contributed by atoms with van der Waals surface area (Å²) in [6, 6.07) is 2.99. The Morgan fingerprint density at radius 3 is 2.44 bits per heavy atom. The Bertz CT molecular complexity index is 486. The van der Waals surface area contributed by atoms with Gasteiger partial charge in [-0.1, -0.05) is 27.7 Å². The minimum absolute atomic E-state index is 0.192. The van der Waals surface area contributed by atoms with Crippen LogP contribution in [0.3, 0.4) is 0 Å². The minimum Gasteiger partial charge on any atom is -0.447 e. The second-order valence-electron chi connectivity index (χ2n) is 5.66. The molecule has 1 rings (SSSR count). The molecule has 104 valence electrons. The van der Waals surface area contributed by atoms with Gasteiger partial charge >= 0.3 is 0 Å². The zero-order valence-corrected chi connectivity index (χ0v) is 12.2. The summed E-state index contributed by atoms with van der Waals surface area (Å²) in [6.07, 6.45) is 0. The van der Waals surface area contributed by atoms with E-state index in [1.54, 1.807) is 6.07 Å². The van der Waals surface area contributed by atoms with Crippen molar-refractivity contribution in [2.75, 3.05) is 6.54 Å². The average molecular weight is 274 g/mol. The quantitative estimate of drug-likeness (QED) is 0.855. The van der Waals surface area contributed by atoms with Crippen LogP contribution in [-0.4, -0.2) is 15.0 Å². The predicted molar refractivity (Wildman–Crippen MR) is 70.4 cm³/mol. The lowest BCUT2D eigenvalue weighted by molar-refractivity contribution is 0.249. The summed E-state index contributed by atoms with van der Waals surface area (Å²) in [5, 5.41) is 8.01. The molecule has 0 radical (unpaired) electrons. The van der Waals surface area contributed by atoms with Gasteiger partial charge in [-0.2, -0.15) is 0 Å². The van der Waals surface area contributed by atoms with Gasteiger partial charge in [0.2, 0.25) is 5.09 Å². The number of hydrogen-bond acceptors (Lipinski definition) is 4. The third-order valence-electron chi connectivity index (χ3n) is 3.15. The Hall–Kier alpha value is -0.850. The first-order chi connectivity index (χ1) is 8.10. The Morgan fingerprint density at radius 2 is 2.00 bits per heavy atom. The molecule has 1 aromatic rings. The summed E-state index contributed by atoms with van der Waals surface area (Å²) < 4.78 is 27.2. The summed E-state index contributed by atoms with van der Waals surface area (Å²) in [6.45, 7) is 10.1. The minimum atomic E-state index is -3.74. The number of sulfonamides is 1. The molecule has 0 aliphatic carbocycles. The first kappa shape index (κ1) is 15.2. The molecule has 3 N–H and O–H groups in total. The molecular formula is C12H22N2O3S. The van der Waals surface area contributed by atoms with Gasteiger partial charge in [-0.05, 0) is 30.0 Å². The SMILES string of the molecule is CC(CNCc1ccc(S(N)(=O)=O)o1)C(C)(C)C. The summed E-state index contributed by atoms with van der Waals surface area (Å²) >= 11 is 0. The number of nitrogens with two attached hydrogens (primary N) is 1. The van der Waals surface area contributed by atoms with Gasteiger partial charge in [-0.15, -0.1) is 0 Å². The topological polar surface area (TPSA) is 85.3 Å². The molecular weight excluding hydrogens is 252 g/mol. The summed E-state index contributed by atoms with van der Waals surface area (Å²) in [4.78, 5) is 0. The van der Waals surface area contributed by atoms with Crippen LogP contribution in [0.15, 0.2) is 21.6 Å². The van der Waals surface area contributed by atoms with Crippen molar-refractivity contribution in [1.29, 1.82) is 0 Å². The van der Waals surface area contributed by atoms with Gasteiger partial charge in [-0.3, -0.25) is 0 Å². The van der Waals surface area contributed by atoms with Gasteiger partial charge in [0.05, 0.1) is 6.54 Å². The maximum absolute atomic E-state index is 11.0. The van der Waals surface area contributed by atoms with Crippen molar-refractivity contribution in [3.8, 4) is 0 Å². The highest BCUT2D eigenvalue weighted by atomic mass is 32.2. The Morgan fingerprint density at radius 1 is 1.39 bits per heavy atom. The maximum atomic E-state index is 11.0. The molecule has 0 fully saturated rings. The van der Waals surface area contributed by atoms with E-state index in [1.807, 2.05) is 0 Å². The largest absolute Gasteiger partial charge is 0.447 e. The summed E-state index contributed by atoms with van der Waals surface area (Å²) in [7, 11) is -3.74. The standard InChI is InChI=1S/C12H22N2O3S/c1-9(12(2,3)4)7-14-8-10-5-6-11(17-10)18(13,15)16/h5-6,9,14H,7-8H2,1-4H3,(H2,13,15,16). The van der Waals surface area contributed by atoms with Gasteiger partial charge < -0.3 is 9.73 Å². The number of furan rings is 1. The molecule has 0 aliphatic rings. The monoisotopic (exact) mass is 274 g/mol. The van der Waals surface area contributed by atoms with Crippen LogP contribution in [0.1, 0.15) is 33.5 Å². The van der Waals surface area contributed by atoms with Crippen LogP contribution >= 0.6 is 0 Å². The van der Waals surface area contributed by atoms with Crippen LogP contribution in [-0.2, 0) is 16.6 Å². The van der Waals surface area contributed by atoms with Crippen molar-refractivity contribution in [3.63, 3.8) is 0 Å². The van der Waals surface area contributed by atoms with Crippen molar-refractivity contribution in [3.05, 3.63) is 17.9 Å². The molecule has 1 unspecified atom stereocenters. The van der Waals surface area contributed by atoms with Gasteiger partial charge in [-0.25, -0.2) is 13.6 Å². The van der Waals surface area contributed by atoms with E-state index in [2.05, 4.69) is 33.0 Å². The molecule has 1 atom stereocenters. The first-order valence-corrected chi connectivity index (χ1v) is 7.47. The van der Waals surface area contributed by atoms with E-state index in [0.29, 0.717) is 18.2 Å². The highest BCUT2D eigenvalue weighted by Gasteiger charge is 2.19. The van der Waals surface area contributed by atoms with Crippen molar-refractivity contribution in [2.24, 2.45) is 16.5 Å². The molecule has 0 amide bonds. The summed E-state index contributed by atoms with van der Waals surface area (Å²) in [5.74, 6) is 1.07. The van der Waals surface area contributed by atoms with E-state index in [0.717, 1.165) is 6.54 Å². The van der Waals surface area contributed by atoms with E-state index in [1.165, 1.54) is 6.07 Å². The maximum Gasteiger partial charge on any atom is 0.271 e. The normalized spacial score (nSPS) is 14.7. The number of nitrogens with one attached hydrogen (secondary N) is 1. The number of rotatable bonds is 5. The van der Waals surface area contributed by atoms with Crippen molar-refractivity contribution in [2.45, 2.75) is 39.3 Å². The number of primary sulfonamides is 1. The van der Waals surface area contributed by atoms with E-state index in [-0.39, 0.29) is 10.5 Å². The van der Waals surface area contributed by atoms with Crippen molar-refractivity contribution < 1.29 is 12.8 Å². The lowest BCUT2D eigenvalue weighted by atomic mass is 9.82. The van der Waals surface area contributed by atoms with Gasteiger partial charge in [0.1, 0.15) is 5.76 Å². The molecule has 6 heteroatoms. The number of hydrogen-bond donors (Lipinski definition) is 2. The molecule has 0 saturated heterocycles. The molecule has 1 heterocycles. The van der Waals surface area contributed by atoms with Crippen molar-refractivity contribution in [1.82, 2.24) is 5.32 Å². The third-order valence-corrected chi connectivity index (χ3v) is 3.93. The van der Waals surface area contributed by atoms with Gasteiger partial charge in [0, 0.05) is 0 Å². The second-order valence-corrected chi connectivity index (χ2v) is 7.16. The van der Waals surface area contributed by atoms with E-state index in [9.17, 15) is 8.42 Å². The molecule has 18 heavy (non-hydrogen) atoms. The molecule has 5 nitrogen and oxygen atoms in total. The summed E-state index contributed by atoms with van der Waals surface area (Å²) in [5.41, 5.74) is 0.238. The van der Waals surface area contributed by atoms with Crippen LogP contribution in [0.5, 0.6) is 0 Å². The fourth-order valence-electron chi connectivity index (χ4n) is 1.32. The molecule has 1 aromatic heterocycles. The fraction of sp³-hybridized carbons (Fsp3) is 0.667. The van der Waals surface area contributed by atoms with E-state index >= 15 is 0 Å². The lowest BCUT2D eigenvalue weighted by Crippen LogP contribution is -2.29. The highest BCUT2D eigenvalue weighted by molar-refractivity contribution is 7.89. The zero-order valence-electron chi connectivity index (χ0n) is 11.4. The average Bonchev–Trinajstić information content (AvgIpc) is 2.64. The van der Waals surface area contributed by atoms with E-state index in [4.69, 9.17) is 9.56 Å². The highest BCUT2D eigenvalue weighted by Crippen LogP contribution is 2.24. The van der Waals surface area contributed by atoms with Crippen LogP contribution < -0.4 is 10.5 Å². The van der Waals surface area contributed by atoms with Crippen LogP contribution in [0.2, 0.25) is 0 Å². The molecule has 0 aliphatic heterocycles. The second kappa shape index (κ2) is 5.42.